The van der Waals surface area contributed by atoms with Gasteiger partial charge in [-0.3, -0.25) is 0 Å². The van der Waals surface area contributed by atoms with Gasteiger partial charge in [0, 0.05) is 11.5 Å². The number of quaternary nitrogens is 2. The molecule has 1 saturated carbocycles. The largest absolute Gasteiger partial charge is 0.325 e. The van der Waals surface area contributed by atoms with Crippen molar-refractivity contribution in [3.05, 3.63) is 47.8 Å². The first-order valence-electron chi connectivity index (χ1n) is 8.86. The van der Waals surface area contributed by atoms with Gasteiger partial charge in [0.25, 0.3) is 0 Å². The van der Waals surface area contributed by atoms with Gasteiger partial charge in [0.2, 0.25) is 0 Å². The Hall–Kier alpha value is -1.19. The minimum Gasteiger partial charge on any atom is -0.325 e. The average Bonchev–Trinajstić information content (AvgIpc) is 3.14. The molecule has 1 aromatic carbocycles. The van der Waals surface area contributed by atoms with Crippen LogP contribution in [0, 0.1) is 23.6 Å². The molecule has 1 aromatic rings. The Morgan fingerprint density at radius 1 is 0.909 bits per heavy atom. The fraction of sp³-hybridized carbons (Fsp3) is 0.579. The van der Waals surface area contributed by atoms with Crippen molar-refractivity contribution in [2.24, 2.45) is 17.8 Å². The number of allylic oxidation sites excluding steroid dienone is 2. The summed E-state index contributed by atoms with van der Waals surface area (Å²) in [7, 11) is 0. The zero-order chi connectivity index (χ0) is 14.9. The van der Waals surface area contributed by atoms with E-state index in [-0.39, 0.29) is 5.82 Å². The first-order valence-corrected chi connectivity index (χ1v) is 8.86. The third kappa shape index (κ3) is 3.11. The molecule has 2 fully saturated rings. The van der Waals surface area contributed by atoms with Gasteiger partial charge in [0.05, 0.1) is 6.54 Å². The van der Waals surface area contributed by atoms with E-state index in [0.717, 1.165) is 24.3 Å². The summed E-state index contributed by atoms with van der Waals surface area (Å²) in [4.78, 5) is 3.47. The molecule has 0 spiro atoms. The van der Waals surface area contributed by atoms with Gasteiger partial charge >= 0.3 is 0 Å². The summed E-state index contributed by atoms with van der Waals surface area (Å²) in [6.45, 7) is 7.54. The fourth-order valence-corrected chi connectivity index (χ4v) is 4.73. The van der Waals surface area contributed by atoms with Crippen LogP contribution in [0.1, 0.15) is 18.4 Å². The summed E-state index contributed by atoms with van der Waals surface area (Å²) in [5.41, 5.74) is 1.26. The smallest absolute Gasteiger partial charge is 0.127 e. The number of piperazine rings is 1. The molecule has 3 heteroatoms. The van der Waals surface area contributed by atoms with Crippen LogP contribution in [0.15, 0.2) is 36.4 Å². The molecule has 2 aliphatic carbocycles. The van der Waals surface area contributed by atoms with Crippen LogP contribution in [0.4, 0.5) is 4.39 Å². The van der Waals surface area contributed by atoms with Gasteiger partial charge in [-0.25, -0.2) is 4.39 Å². The van der Waals surface area contributed by atoms with Crippen molar-refractivity contribution in [3.8, 4) is 0 Å². The van der Waals surface area contributed by atoms with Gasteiger partial charge in [-0.1, -0.05) is 24.3 Å². The third-order valence-electron chi connectivity index (χ3n) is 6.00. The third-order valence-corrected chi connectivity index (χ3v) is 6.00. The zero-order valence-electron chi connectivity index (χ0n) is 13.2. The number of rotatable bonds is 4. The van der Waals surface area contributed by atoms with Gasteiger partial charge < -0.3 is 9.80 Å². The van der Waals surface area contributed by atoms with E-state index in [1.165, 1.54) is 51.1 Å². The number of halogens is 1. The van der Waals surface area contributed by atoms with Crippen molar-refractivity contribution in [1.82, 2.24) is 0 Å². The molecule has 3 atom stereocenters. The lowest BCUT2D eigenvalue weighted by Gasteiger charge is -2.32. The molecule has 4 rings (SSSR count). The first-order chi connectivity index (χ1) is 10.8. The molecule has 1 aliphatic heterocycles. The number of benzene rings is 1. The maximum absolute atomic E-state index is 13.0. The van der Waals surface area contributed by atoms with Crippen LogP contribution < -0.4 is 9.80 Å². The highest BCUT2D eigenvalue weighted by Gasteiger charge is 2.38. The molecule has 2 nitrogen and oxygen atoms in total. The standard InChI is InChI=1S/C19H25FN2/c20-19-5-2-15(3-6-19)13-21-7-9-22(10-8-21)14-18-12-16-1-4-17(18)11-16/h1-6,16-18H,7-14H2/p+2. The summed E-state index contributed by atoms with van der Waals surface area (Å²) in [6.07, 6.45) is 7.80. The Kier molecular flexibility index (Phi) is 4.01. The fourth-order valence-electron chi connectivity index (χ4n) is 4.73. The maximum atomic E-state index is 13.0. The van der Waals surface area contributed by atoms with Crippen LogP contribution in [0.2, 0.25) is 0 Å². The van der Waals surface area contributed by atoms with Gasteiger partial charge in [-0.05, 0) is 36.8 Å². The highest BCUT2D eigenvalue weighted by Crippen LogP contribution is 2.42. The predicted octanol–water partition coefficient (Wildman–Crippen LogP) is 0.321. The summed E-state index contributed by atoms with van der Waals surface area (Å²) < 4.78 is 13.0. The van der Waals surface area contributed by atoms with Crippen LogP contribution >= 0.6 is 0 Å². The molecule has 2 N–H and O–H groups in total. The van der Waals surface area contributed by atoms with E-state index in [2.05, 4.69) is 12.2 Å². The quantitative estimate of drug-likeness (QED) is 0.742. The van der Waals surface area contributed by atoms with Gasteiger partial charge in [0.15, 0.2) is 0 Å². The molecule has 2 bridgehead atoms. The maximum Gasteiger partial charge on any atom is 0.127 e. The topological polar surface area (TPSA) is 8.88 Å². The highest BCUT2D eigenvalue weighted by atomic mass is 19.1. The van der Waals surface area contributed by atoms with E-state index in [0.29, 0.717) is 0 Å². The molecule has 0 radical (unpaired) electrons. The van der Waals surface area contributed by atoms with E-state index in [1.54, 1.807) is 17.0 Å². The summed E-state index contributed by atoms with van der Waals surface area (Å²) in [5.74, 6) is 2.61. The Bertz CT molecular complexity index is 531. The van der Waals surface area contributed by atoms with Crippen LogP contribution in [0.5, 0.6) is 0 Å². The summed E-state index contributed by atoms with van der Waals surface area (Å²) in [6, 6.07) is 7.03. The molecule has 3 aliphatic rings. The summed E-state index contributed by atoms with van der Waals surface area (Å²) in [5, 5.41) is 0. The Morgan fingerprint density at radius 3 is 2.27 bits per heavy atom. The van der Waals surface area contributed by atoms with Crippen molar-refractivity contribution >= 4 is 0 Å². The van der Waals surface area contributed by atoms with Gasteiger partial charge in [0.1, 0.15) is 38.5 Å². The molecule has 1 saturated heterocycles. The van der Waals surface area contributed by atoms with E-state index < -0.39 is 0 Å². The average molecular weight is 302 g/mol. The second-order valence-corrected chi connectivity index (χ2v) is 7.55. The normalized spacial score (nSPS) is 36.9. The highest BCUT2D eigenvalue weighted by molar-refractivity contribution is 5.14. The van der Waals surface area contributed by atoms with Crippen LogP contribution in [-0.2, 0) is 6.54 Å². The second-order valence-electron chi connectivity index (χ2n) is 7.55. The molecule has 0 aromatic heterocycles. The number of fused-ring (bicyclic) bond motifs is 2. The monoisotopic (exact) mass is 302 g/mol. The number of hydrogen-bond acceptors (Lipinski definition) is 0. The second kappa shape index (κ2) is 6.13. The SMILES string of the molecule is Fc1ccc(C[NH+]2CC[NH+](CC3CC4C=CC3C4)CC2)cc1. The van der Waals surface area contributed by atoms with E-state index in [4.69, 9.17) is 0 Å². The lowest BCUT2D eigenvalue weighted by molar-refractivity contribution is -1.02. The molecular formula is C19H27FN2+2. The van der Waals surface area contributed by atoms with E-state index >= 15 is 0 Å². The van der Waals surface area contributed by atoms with E-state index in [1.807, 2.05) is 17.0 Å². The van der Waals surface area contributed by atoms with Crippen molar-refractivity contribution in [1.29, 1.82) is 0 Å². The van der Waals surface area contributed by atoms with Crippen molar-refractivity contribution in [2.45, 2.75) is 19.4 Å². The van der Waals surface area contributed by atoms with Crippen molar-refractivity contribution < 1.29 is 14.2 Å². The molecule has 0 amide bonds. The van der Waals surface area contributed by atoms with Gasteiger partial charge in [-0.2, -0.15) is 0 Å². The van der Waals surface area contributed by atoms with Crippen molar-refractivity contribution in [3.63, 3.8) is 0 Å². The Balaban J connectivity index is 1.24. The molecule has 22 heavy (non-hydrogen) atoms. The Morgan fingerprint density at radius 2 is 1.64 bits per heavy atom. The lowest BCUT2D eigenvalue weighted by atomic mass is 9.93. The first kappa shape index (κ1) is 14.4. The summed E-state index contributed by atoms with van der Waals surface area (Å²) >= 11 is 0. The molecule has 3 unspecified atom stereocenters. The molecule has 118 valence electrons. The molecular weight excluding hydrogens is 275 g/mol. The molecule has 1 heterocycles. The number of nitrogens with one attached hydrogen (secondary N) is 2. The predicted molar refractivity (Wildman–Crippen MR) is 85.2 cm³/mol. The van der Waals surface area contributed by atoms with E-state index in [9.17, 15) is 4.39 Å². The zero-order valence-corrected chi connectivity index (χ0v) is 13.2. The minimum atomic E-state index is -0.132. The van der Waals surface area contributed by atoms with Crippen LogP contribution in [0.25, 0.3) is 0 Å². The van der Waals surface area contributed by atoms with Crippen LogP contribution in [-0.4, -0.2) is 32.7 Å². The number of hydrogen-bond donors (Lipinski definition) is 2. The minimum absolute atomic E-state index is 0.132. The van der Waals surface area contributed by atoms with Crippen molar-refractivity contribution in [2.75, 3.05) is 32.7 Å². The Labute approximate surface area is 132 Å². The lowest BCUT2D eigenvalue weighted by Crippen LogP contribution is -3.27. The van der Waals surface area contributed by atoms with Gasteiger partial charge in [-0.15, -0.1) is 0 Å². The van der Waals surface area contributed by atoms with Crippen LogP contribution in [0.3, 0.4) is 0 Å².